The maximum absolute atomic E-state index is 10.6. The van der Waals surface area contributed by atoms with Crippen molar-refractivity contribution in [3.63, 3.8) is 0 Å². The lowest BCUT2D eigenvalue weighted by molar-refractivity contribution is 0.0556. The third-order valence-electron chi connectivity index (χ3n) is 4.43. The molecule has 0 saturated heterocycles. The van der Waals surface area contributed by atoms with E-state index >= 15 is 0 Å². The molecule has 1 fully saturated rings. The van der Waals surface area contributed by atoms with Crippen LogP contribution in [0.5, 0.6) is 0 Å². The number of anilines is 1. The topological polar surface area (TPSA) is 53.3 Å². The van der Waals surface area contributed by atoms with Gasteiger partial charge in [0.15, 0.2) is 0 Å². The van der Waals surface area contributed by atoms with E-state index in [2.05, 4.69) is 43.1 Å². The molecule has 2 N–H and O–H groups in total. The van der Waals surface area contributed by atoms with Crippen LogP contribution in [0, 0.1) is 6.92 Å². The van der Waals surface area contributed by atoms with Crippen LogP contribution in [0.25, 0.3) is 0 Å². The van der Waals surface area contributed by atoms with Gasteiger partial charge in [-0.1, -0.05) is 26.7 Å². The Morgan fingerprint density at radius 1 is 1.38 bits per heavy atom. The molecule has 0 atom stereocenters. The first-order valence-corrected chi connectivity index (χ1v) is 8.02. The van der Waals surface area contributed by atoms with Crippen LogP contribution in [0.3, 0.4) is 0 Å². The summed E-state index contributed by atoms with van der Waals surface area (Å²) in [7, 11) is 4.04. The average Bonchev–Trinajstić information content (AvgIpc) is 2.90. The molecule has 2 rings (SSSR count). The Hall–Kier alpha value is -1.07. The fraction of sp³-hybridized carbons (Fsp3) is 0.812. The zero-order chi connectivity index (χ0) is 15.6. The number of likely N-dealkylation sites (N-methyl/N-ethyl adjacent to an activating group) is 1. The summed E-state index contributed by atoms with van der Waals surface area (Å²) in [4.78, 5) is 2.17. The van der Waals surface area contributed by atoms with E-state index in [0.717, 1.165) is 43.7 Å². The van der Waals surface area contributed by atoms with Gasteiger partial charge >= 0.3 is 0 Å². The van der Waals surface area contributed by atoms with Gasteiger partial charge in [0.1, 0.15) is 5.82 Å². The second-order valence-corrected chi connectivity index (χ2v) is 6.83. The van der Waals surface area contributed by atoms with Crippen molar-refractivity contribution >= 4 is 5.82 Å². The molecule has 5 nitrogen and oxygen atoms in total. The van der Waals surface area contributed by atoms with Crippen LogP contribution in [0.2, 0.25) is 0 Å². The Morgan fingerprint density at radius 2 is 2.00 bits per heavy atom. The van der Waals surface area contributed by atoms with Gasteiger partial charge in [0.25, 0.3) is 0 Å². The highest BCUT2D eigenvalue weighted by Crippen LogP contribution is 2.32. The van der Waals surface area contributed by atoms with Crippen molar-refractivity contribution < 1.29 is 5.11 Å². The zero-order valence-corrected chi connectivity index (χ0v) is 14.1. The predicted octanol–water partition coefficient (Wildman–Crippen LogP) is 1.97. The van der Waals surface area contributed by atoms with Gasteiger partial charge in [-0.25, -0.2) is 0 Å². The number of rotatable bonds is 6. The normalized spacial score (nSPS) is 17.7. The summed E-state index contributed by atoms with van der Waals surface area (Å²) >= 11 is 0. The Morgan fingerprint density at radius 3 is 2.57 bits per heavy atom. The highest BCUT2D eigenvalue weighted by molar-refractivity contribution is 5.50. The molecular weight excluding hydrogens is 264 g/mol. The second-order valence-electron chi connectivity index (χ2n) is 6.83. The molecule has 1 saturated carbocycles. The molecule has 1 aromatic heterocycles. The summed E-state index contributed by atoms with van der Waals surface area (Å²) in [6.07, 6.45) is 4.09. The maximum atomic E-state index is 10.6. The van der Waals surface area contributed by atoms with Crippen molar-refractivity contribution in [1.29, 1.82) is 0 Å². The smallest absolute Gasteiger partial charge is 0.131 e. The molecule has 120 valence electrons. The molecule has 21 heavy (non-hydrogen) atoms. The van der Waals surface area contributed by atoms with Crippen LogP contribution < -0.4 is 10.2 Å². The maximum Gasteiger partial charge on any atom is 0.131 e. The Balaban J connectivity index is 2.17. The van der Waals surface area contributed by atoms with Crippen LogP contribution in [0.4, 0.5) is 5.82 Å². The Kier molecular flexibility index (Phi) is 4.94. The average molecular weight is 294 g/mol. The number of aromatic nitrogens is 2. The van der Waals surface area contributed by atoms with E-state index in [0.29, 0.717) is 12.6 Å². The number of nitrogens with zero attached hydrogens (tertiary/aromatic N) is 3. The summed E-state index contributed by atoms with van der Waals surface area (Å²) < 4.78 is 1.94. The van der Waals surface area contributed by atoms with Crippen LogP contribution in [0.15, 0.2) is 0 Å². The first-order valence-electron chi connectivity index (χ1n) is 8.02. The lowest BCUT2D eigenvalue weighted by Gasteiger charge is -2.30. The molecule has 1 aliphatic carbocycles. The summed E-state index contributed by atoms with van der Waals surface area (Å²) in [5, 5.41) is 18.7. The lowest BCUT2D eigenvalue weighted by Crippen LogP contribution is -2.40. The number of aliphatic hydroxyl groups is 1. The molecule has 0 aromatic carbocycles. The molecule has 1 aromatic rings. The Bertz CT molecular complexity index is 475. The van der Waals surface area contributed by atoms with E-state index in [4.69, 9.17) is 0 Å². The summed E-state index contributed by atoms with van der Waals surface area (Å²) in [5.74, 6) is 1.11. The molecule has 0 spiro atoms. The van der Waals surface area contributed by atoms with Gasteiger partial charge in [0, 0.05) is 38.8 Å². The van der Waals surface area contributed by atoms with Crippen molar-refractivity contribution in [1.82, 2.24) is 15.1 Å². The molecule has 1 aliphatic rings. The van der Waals surface area contributed by atoms with Gasteiger partial charge in [-0.2, -0.15) is 5.10 Å². The van der Waals surface area contributed by atoms with Crippen molar-refractivity contribution in [2.45, 2.75) is 64.6 Å². The fourth-order valence-electron chi connectivity index (χ4n) is 3.39. The van der Waals surface area contributed by atoms with E-state index < -0.39 is 5.60 Å². The van der Waals surface area contributed by atoms with Gasteiger partial charge in [0.2, 0.25) is 0 Å². The lowest BCUT2D eigenvalue weighted by atomic mass is 10.0. The molecule has 0 aliphatic heterocycles. The Labute approximate surface area is 128 Å². The number of hydrogen-bond donors (Lipinski definition) is 2. The molecule has 0 radical (unpaired) electrons. The first kappa shape index (κ1) is 16.3. The van der Waals surface area contributed by atoms with Gasteiger partial charge in [-0.05, 0) is 19.8 Å². The molecule has 1 heterocycles. The van der Waals surface area contributed by atoms with Crippen LogP contribution in [0.1, 0.15) is 50.8 Å². The van der Waals surface area contributed by atoms with Crippen LogP contribution in [-0.4, -0.2) is 40.1 Å². The van der Waals surface area contributed by atoms with Crippen molar-refractivity contribution in [2.75, 3.05) is 18.5 Å². The van der Waals surface area contributed by atoms with E-state index in [9.17, 15) is 5.11 Å². The number of hydrogen-bond acceptors (Lipinski definition) is 4. The minimum Gasteiger partial charge on any atom is -0.388 e. The third-order valence-corrected chi connectivity index (χ3v) is 4.43. The van der Waals surface area contributed by atoms with Gasteiger partial charge in [-0.15, -0.1) is 0 Å². The van der Waals surface area contributed by atoms with Crippen molar-refractivity contribution in [3.05, 3.63) is 11.3 Å². The molecule has 5 heteroatoms. The standard InChI is InChI=1S/C16H30N4O/c1-12(2)17-10-14-13(3)18-20(5)15(14)19(4)11-16(21)8-6-7-9-16/h12,17,21H,6-11H2,1-5H3. The quantitative estimate of drug-likeness (QED) is 0.842. The van der Waals surface area contributed by atoms with Crippen molar-refractivity contribution in [3.8, 4) is 0 Å². The fourth-order valence-corrected chi connectivity index (χ4v) is 3.39. The van der Waals surface area contributed by atoms with Gasteiger partial charge < -0.3 is 15.3 Å². The zero-order valence-electron chi connectivity index (χ0n) is 14.1. The van der Waals surface area contributed by atoms with Crippen LogP contribution >= 0.6 is 0 Å². The minimum atomic E-state index is -0.532. The van der Waals surface area contributed by atoms with Crippen molar-refractivity contribution in [2.24, 2.45) is 7.05 Å². The first-order chi connectivity index (χ1) is 9.82. The van der Waals surface area contributed by atoms with E-state index in [1.54, 1.807) is 0 Å². The molecule has 0 amide bonds. The predicted molar refractivity (Wildman–Crippen MR) is 86.6 cm³/mol. The summed E-state index contributed by atoms with van der Waals surface area (Å²) in [6, 6.07) is 0.446. The second kappa shape index (κ2) is 6.36. The largest absolute Gasteiger partial charge is 0.388 e. The SMILES string of the molecule is Cc1nn(C)c(N(C)CC2(O)CCCC2)c1CNC(C)C. The number of nitrogens with one attached hydrogen (secondary N) is 1. The molecule has 0 bridgehead atoms. The summed E-state index contributed by atoms with van der Waals surface area (Å²) in [6.45, 7) is 7.85. The van der Waals surface area contributed by atoms with Crippen LogP contribution in [-0.2, 0) is 13.6 Å². The monoisotopic (exact) mass is 294 g/mol. The van der Waals surface area contributed by atoms with E-state index in [-0.39, 0.29) is 0 Å². The highest BCUT2D eigenvalue weighted by atomic mass is 16.3. The van der Waals surface area contributed by atoms with Gasteiger partial charge in [0.05, 0.1) is 11.3 Å². The van der Waals surface area contributed by atoms with E-state index in [1.165, 1.54) is 5.56 Å². The molecule has 0 unspecified atom stereocenters. The highest BCUT2D eigenvalue weighted by Gasteiger charge is 2.33. The van der Waals surface area contributed by atoms with Gasteiger partial charge in [-0.3, -0.25) is 4.68 Å². The summed E-state index contributed by atoms with van der Waals surface area (Å²) in [5.41, 5.74) is 1.76. The molecular formula is C16H30N4O. The third kappa shape index (κ3) is 3.77. The van der Waals surface area contributed by atoms with E-state index in [1.807, 2.05) is 11.7 Å². The minimum absolute atomic E-state index is 0.446. The number of aryl methyl sites for hydroxylation is 2.